The number of imidazole rings is 1. The number of nitrogens with two attached hydrogens (primary N) is 1. The fourth-order valence-electron chi connectivity index (χ4n) is 4.60. The van der Waals surface area contributed by atoms with Gasteiger partial charge in [0.15, 0.2) is 5.82 Å². The van der Waals surface area contributed by atoms with Gasteiger partial charge in [0.1, 0.15) is 22.7 Å². The van der Waals surface area contributed by atoms with E-state index in [-0.39, 0.29) is 42.9 Å². The standard InChI is InChI=1S/C24H22F2N7O2P/c1-23(12-2-4-14(36)5-3-12)16-17(27)30-18(31-19(16)32-22(23)34)15-11-33-8-7-28-20(33)21(29-15)35-9-6-13-10-24(13,25)26/h2-5,7-8,11,13H,6,9-10,36H2,1H3,(H3,27,30,31,32,34). The van der Waals surface area contributed by atoms with E-state index in [2.05, 4.69) is 34.5 Å². The van der Waals surface area contributed by atoms with E-state index >= 15 is 0 Å². The van der Waals surface area contributed by atoms with Crippen LogP contribution in [-0.4, -0.2) is 42.8 Å². The van der Waals surface area contributed by atoms with Crippen LogP contribution in [0.4, 0.5) is 20.4 Å². The van der Waals surface area contributed by atoms with Gasteiger partial charge in [0, 0.05) is 30.9 Å². The zero-order valence-electron chi connectivity index (χ0n) is 19.2. The summed E-state index contributed by atoms with van der Waals surface area (Å²) in [5, 5.41) is 3.83. The molecule has 1 aromatic carbocycles. The van der Waals surface area contributed by atoms with Gasteiger partial charge in [0.25, 0.3) is 11.8 Å². The number of fused-ring (bicyclic) bond motifs is 2. The van der Waals surface area contributed by atoms with Crippen LogP contribution >= 0.6 is 9.24 Å². The lowest BCUT2D eigenvalue weighted by atomic mass is 9.78. The minimum atomic E-state index is -2.60. The predicted molar refractivity (Wildman–Crippen MR) is 132 cm³/mol. The summed E-state index contributed by atoms with van der Waals surface area (Å²) in [5.41, 5.74) is 7.37. The Morgan fingerprint density at radius 2 is 2.00 bits per heavy atom. The molecular weight excluding hydrogens is 487 g/mol. The summed E-state index contributed by atoms with van der Waals surface area (Å²) in [5.74, 6) is -2.70. The van der Waals surface area contributed by atoms with Crippen molar-refractivity contribution in [1.29, 1.82) is 0 Å². The van der Waals surface area contributed by atoms with E-state index < -0.39 is 17.3 Å². The highest BCUT2D eigenvalue weighted by atomic mass is 31.0. The normalized spacial score (nSPS) is 21.9. The van der Waals surface area contributed by atoms with E-state index in [0.717, 1.165) is 10.9 Å². The average Bonchev–Trinajstić information content (AvgIpc) is 3.14. The largest absolute Gasteiger partial charge is 0.475 e. The number of ether oxygens (including phenoxy) is 1. The lowest BCUT2D eigenvalue weighted by molar-refractivity contribution is -0.119. The summed E-state index contributed by atoms with van der Waals surface area (Å²) < 4.78 is 33.9. The number of nitrogens with one attached hydrogen (secondary N) is 1. The minimum absolute atomic E-state index is 0.0792. The van der Waals surface area contributed by atoms with Crippen molar-refractivity contribution in [2.45, 2.75) is 31.1 Å². The fourth-order valence-corrected chi connectivity index (χ4v) is 4.79. The first-order chi connectivity index (χ1) is 17.2. The van der Waals surface area contributed by atoms with Crippen molar-refractivity contribution < 1.29 is 18.3 Å². The summed E-state index contributed by atoms with van der Waals surface area (Å²) in [6.45, 7) is 1.87. The first-order valence-corrected chi connectivity index (χ1v) is 11.9. The monoisotopic (exact) mass is 509 g/mol. The number of hydrogen-bond donors (Lipinski definition) is 2. The van der Waals surface area contributed by atoms with Gasteiger partial charge in [-0.15, -0.1) is 9.24 Å². The van der Waals surface area contributed by atoms with Crippen LogP contribution in [0.2, 0.25) is 0 Å². The second-order valence-electron chi connectivity index (χ2n) is 9.25. The van der Waals surface area contributed by atoms with Crippen molar-refractivity contribution in [3.05, 3.63) is 54.0 Å². The van der Waals surface area contributed by atoms with Gasteiger partial charge in [-0.05, 0) is 24.2 Å². The molecule has 4 aromatic rings. The van der Waals surface area contributed by atoms with E-state index in [4.69, 9.17) is 10.5 Å². The maximum Gasteiger partial charge on any atom is 0.259 e. The number of alkyl halides is 2. The van der Waals surface area contributed by atoms with Crippen LogP contribution in [0.25, 0.3) is 17.2 Å². The Hall–Kier alpha value is -3.72. The third-order valence-electron chi connectivity index (χ3n) is 6.84. The molecule has 3 aromatic heterocycles. The van der Waals surface area contributed by atoms with Crippen LogP contribution in [0.15, 0.2) is 42.9 Å². The van der Waals surface area contributed by atoms with Crippen molar-refractivity contribution in [1.82, 2.24) is 24.3 Å². The Balaban J connectivity index is 1.36. The van der Waals surface area contributed by atoms with Crippen molar-refractivity contribution in [2.75, 3.05) is 17.7 Å². The molecule has 1 aliphatic carbocycles. The highest BCUT2D eigenvalue weighted by Crippen LogP contribution is 2.50. The molecule has 0 saturated heterocycles. The van der Waals surface area contributed by atoms with Crippen molar-refractivity contribution in [2.24, 2.45) is 5.92 Å². The highest BCUT2D eigenvalue weighted by Gasteiger charge is 2.56. The maximum atomic E-state index is 13.2. The molecule has 184 valence electrons. The molecule has 2 aliphatic rings. The van der Waals surface area contributed by atoms with E-state index in [1.807, 2.05) is 24.3 Å². The summed E-state index contributed by atoms with van der Waals surface area (Å²) in [6.07, 6.45) is 5.05. The SMILES string of the molecule is CC1(c2ccc(P)cc2)C(=O)Nc2nc(-c3cn4ccnc4c(OCCC4CC4(F)F)n3)nc(N)c21. The van der Waals surface area contributed by atoms with Crippen molar-refractivity contribution >= 4 is 37.7 Å². The molecule has 0 radical (unpaired) electrons. The molecule has 36 heavy (non-hydrogen) atoms. The molecule has 0 bridgehead atoms. The van der Waals surface area contributed by atoms with E-state index in [1.165, 1.54) is 0 Å². The number of rotatable bonds is 6. The number of hydrogen-bond acceptors (Lipinski definition) is 7. The Morgan fingerprint density at radius 3 is 2.72 bits per heavy atom. The van der Waals surface area contributed by atoms with Crippen LogP contribution in [0.5, 0.6) is 5.88 Å². The molecule has 6 rings (SSSR count). The topological polar surface area (TPSA) is 120 Å². The number of carbonyl (C=O) groups is 1. The summed E-state index contributed by atoms with van der Waals surface area (Å²) in [4.78, 5) is 30.9. The molecule has 3 unspecified atom stereocenters. The van der Waals surface area contributed by atoms with Crippen LogP contribution in [0.1, 0.15) is 30.9 Å². The lowest BCUT2D eigenvalue weighted by Crippen LogP contribution is -2.33. The second-order valence-corrected chi connectivity index (χ2v) is 9.91. The zero-order chi connectivity index (χ0) is 25.2. The molecule has 3 N–H and O–H groups in total. The molecule has 0 spiro atoms. The quantitative estimate of drug-likeness (QED) is 0.384. The first-order valence-electron chi connectivity index (χ1n) is 11.4. The number of benzene rings is 1. The average molecular weight is 509 g/mol. The van der Waals surface area contributed by atoms with E-state index in [0.29, 0.717) is 22.7 Å². The fraction of sp³-hybridized carbons (Fsp3) is 0.292. The summed E-state index contributed by atoms with van der Waals surface area (Å²) >= 11 is 0. The van der Waals surface area contributed by atoms with Crippen LogP contribution in [-0.2, 0) is 10.2 Å². The number of carbonyl (C=O) groups excluding carboxylic acids is 1. The molecule has 1 amide bonds. The van der Waals surface area contributed by atoms with Gasteiger partial charge in [0.2, 0.25) is 11.6 Å². The molecule has 1 fully saturated rings. The van der Waals surface area contributed by atoms with Gasteiger partial charge < -0.3 is 20.2 Å². The summed E-state index contributed by atoms with van der Waals surface area (Å²) in [7, 11) is 2.61. The molecule has 4 heterocycles. The molecule has 9 nitrogen and oxygen atoms in total. The van der Waals surface area contributed by atoms with Crippen molar-refractivity contribution in [3.63, 3.8) is 0 Å². The minimum Gasteiger partial charge on any atom is -0.475 e. The van der Waals surface area contributed by atoms with Gasteiger partial charge in [-0.1, -0.05) is 24.3 Å². The molecule has 1 saturated carbocycles. The van der Waals surface area contributed by atoms with Gasteiger partial charge >= 0.3 is 0 Å². The number of nitrogens with zero attached hydrogens (tertiary/aromatic N) is 5. The number of aromatic nitrogens is 5. The van der Waals surface area contributed by atoms with Gasteiger partial charge in [-0.3, -0.25) is 4.79 Å². The molecule has 12 heteroatoms. The van der Waals surface area contributed by atoms with Gasteiger partial charge in [-0.25, -0.2) is 28.7 Å². The predicted octanol–water partition coefficient (Wildman–Crippen LogP) is 2.95. The lowest BCUT2D eigenvalue weighted by Gasteiger charge is -2.23. The number of anilines is 2. The Kier molecular flexibility index (Phi) is 4.98. The van der Waals surface area contributed by atoms with Gasteiger partial charge in [0.05, 0.1) is 12.2 Å². The van der Waals surface area contributed by atoms with Crippen LogP contribution in [0, 0.1) is 5.92 Å². The molecule has 1 aliphatic heterocycles. The Labute approximate surface area is 206 Å². The molecule has 3 atom stereocenters. The first kappa shape index (κ1) is 22.7. The van der Waals surface area contributed by atoms with E-state index in [1.54, 1.807) is 29.9 Å². The van der Waals surface area contributed by atoms with Crippen molar-refractivity contribution in [3.8, 4) is 17.4 Å². The third-order valence-corrected chi connectivity index (χ3v) is 7.23. The smallest absolute Gasteiger partial charge is 0.259 e. The van der Waals surface area contributed by atoms with E-state index in [9.17, 15) is 13.6 Å². The van der Waals surface area contributed by atoms with Crippen LogP contribution in [0.3, 0.4) is 0 Å². The Bertz CT molecular complexity index is 1530. The van der Waals surface area contributed by atoms with Gasteiger partial charge in [-0.2, -0.15) is 0 Å². The Morgan fingerprint density at radius 1 is 1.25 bits per heavy atom. The number of amides is 1. The highest BCUT2D eigenvalue weighted by molar-refractivity contribution is 7.27. The number of nitrogen functional groups attached to an aromatic ring is 1. The number of halogens is 2. The van der Waals surface area contributed by atoms with Crippen LogP contribution < -0.4 is 21.1 Å². The zero-order valence-corrected chi connectivity index (χ0v) is 20.4. The second kappa shape index (κ2) is 7.89. The maximum absolute atomic E-state index is 13.2. The molecular formula is C24H22F2N7O2P. The summed E-state index contributed by atoms with van der Waals surface area (Å²) in [6, 6.07) is 7.55. The third kappa shape index (κ3) is 3.57.